The Balaban J connectivity index is 1.42. The van der Waals surface area contributed by atoms with Gasteiger partial charge in [0, 0.05) is 21.8 Å². The Kier molecular flexibility index (Phi) is 4.06. The molecule has 0 radical (unpaired) electrons. The number of hydrogen-bond donors (Lipinski definition) is 1. The van der Waals surface area contributed by atoms with Crippen molar-refractivity contribution in [3.8, 4) is 11.1 Å². The first kappa shape index (κ1) is 16.6. The lowest BCUT2D eigenvalue weighted by Crippen LogP contribution is -1.79. The average molecular weight is 359 g/mol. The molecule has 4 aromatic carbocycles. The van der Waals surface area contributed by atoms with Crippen molar-refractivity contribution in [2.45, 2.75) is 6.92 Å². The number of H-pyrrole nitrogens is 1. The second-order valence-corrected chi connectivity index (χ2v) is 7.30. The molecule has 0 aliphatic heterocycles. The maximum absolute atomic E-state index is 3.48. The molecule has 0 aliphatic carbocycles. The summed E-state index contributed by atoms with van der Waals surface area (Å²) in [6.07, 6.45) is 4.36. The van der Waals surface area contributed by atoms with E-state index in [1.54, 1.807) is 0 Å². The first-order valence-corrected chi connectivity index (χ1v) is 9.62. The molecule has 28 heavy (non-hydrogen) atoms. The van der Waals surface area contributed by atoms with E-state index in [0.29, 0.717) is 0 Å². The summed E-state index contributed by atoms with van der Waals surface area (Å²) in [5.41, 5.74) is 8.57. The van der Waals surface area contributed by atoms with Crippen LogP contribution in [0.3, 0.4) is 0 Å². The van der Waals surface area contributed by atoms with Crippen LogP contribution in [0.4, 0.5) is 0 Å². The van der Waals surface area contributed by atoms with Crippen LogP contribution in [0, 0.1) is 6.92 Å². The molecule has 0 bridgehead atoms. The summed E-state index contributed by atoms with van der Waals surface area (Å²) in [5, 5.41) is 2.54. The summed E-state index contributed by atoms with van der Waals surface area (Å²) < 4.78 is 0. The number of nitrogens with one attached hydrogen (secondary N) is 1. The van der Waals surface area contributed by atoms with Crippen molar-refractivity contribution in [2.75, 3.05) is 0 Å². The van der Waals surface area contributed by atoms with E-state index in [0.717, 1.165) is 0 Å². The summed E-state index contributed by atoms with van der Waals surface area (Å²) in [4.78, 5) is 3.48. The van der Waals surface area contributed by atoms with Crippen molar-refractivity contribution in [2.24, 2.45) is 0 Å². The molecule has 0 amide bonds. The number of fused-ring (bicyclic) bond motifs is 3. The highest BCUT2D eigenvalue weighted by Gasteiger charge is 2.03. The standard InChI is InChI=1S/C27H21N/c1-19-6-13-22(14-7-19)23-15-10-20(11-16-23)8-9-21-12-17-27-25(18-21)24-4-2-3-5-26(24)28-27/h2-18,28H,1H3. The smallest absolute Gasteiger partial charge is 0.0465 e. The number of aromatic nitrogens is 1. The van der Waals surface area contributed by atoms with E-state index in [1.807, 2.05) is 0 Å². The third kappa shape index (κ3) is 3.12. The molecule has 134 valence electrons. The monoisotopic (exact) mass is 359 g/mol. The minimum absolute atomic E-state index is 1.18. The maximum atomic E-state index is 3.48. The molecule has 0 fully saturated rings. The maximum Gasteiger partial charge on any atom is 0.0465 e. The zero-order valence-corrected chi connectivity index (χ0v) is 15.8. The van der Waals surface area contributed by atoms with Crippen LogP contribution in [0.1, 0.15) is 16.7 Å². The summed E-state index contributed by atoms with van der Waals surface area (Å²) in [6.45, 7) is 2.12. The molecule has 1 aromatic heterocycles. The number of benzene rings is 4. The molecule has 0 unspecified atom stereocenters. The third-order valence-corrected chi connectivity index (χ3v) is 5.29. The van der Waals surface area contributed by atoms with Gasteiger partial charge < -0.3 is 4.98 Å². The largest absolute Gasteiger partial charge is 0.355 e. The molecule has 5 rings (SSSR count). The van der Waals surface area contributed by atoms with Crippen molar-refractivity contribution in [1.29, 1.82) is 0 Å². The van der Waals surface area contributed by atoms with Crippen molar-refractivity contribution in [1.82, 2.24) is 4.98 Å². The van der Waals surface area contributed by atoms with E-state index >= 15 is 0 Å². The Bertz CT molecular complexity index is 1290. The number of hydrogen-bond acceptors (Lipinski definition) is 0. The van der Waals surface area contributed by atoms with Crippen molar-refractivity contribution < 1.29 is 0 Å². The van der Waals surface area contributed by atoms with Crippen LogP contribution in [0.2, 0.25) is 0 Å². The SMILES string of the molecule is Cc1ccc(-c2ccc(C=Cc3ccc4[nH]c5ccccc5c4c3)cc2)cc1. The van der Waals surface area contributed by atoms with Crippen LogP contribution in [-0.2, 0) is 0 Å². The van der Waals surface area contributed by atoms with Crippen LogP contribution < -0.4 is 0 Å². The lowest BCUT2D eigenvalue weighted by Gasteiger charge is -2.03. The highest BCUT2D eigenvalue weighted by Crippen LogP contribution is 2.27. The Morgan fingerprint density at radius 2 is 1.18 bits per heavy atom. The van der Waals surface area contributed by atoms with Crippen molar-refractivity contribution >= 4 is 34.0 Å². The van der Waals surface area contributed by atoms with E-state index in [9.17, 15) is 0 Å². The van der Waals surface area contributed by atoms with Crippen molar-refractivity contribution in [3.05, 3.63) is 108 Å². The minimum atomic E-state index is 1.18. The predicted molar refractivity (Wildman–Crippen MR) is 121 cm³/mol. The van der Waals surface area contributed by atoms with Crippen LogP contribution in [0.15, 0.2) is 91.0 Å². The zero-order chi connectivity index (χ0) is 18.9. The molecule has 0 saturated heterocycles. The zero-order valence-electron chi connectivity index (χ0n) is 15.8. The summed E-state index contributed by atoms with van der Waals surface area (Å²) in [6, 6.07) is 32.4. The van der Waals surface area contributed by atoms with Crippen molar-refractivity contribution in [3.63, 3.8) is 0 Å². The second kappa shape index (κ2) is 6.86. The molecule has 0 atom stereocenters. The van der Waals surface area contributed by atoms with Crippen LogP contribution in [-0.4, -0.2) is 4.98 Å². The second-order valence-electron chi connectivity index (χ2n) is 7.30. The lowest BCUT2D eigenvalue weighted by atomic mass is 10.0. The van der Waals surface area contributed by atoms with Gasteiger partial charge in [0.1, 0.15) is 0 Å². The van der Waals surface area contributed by atoms with Crippen LogP contribution in [0.5, 0.6) is 0 Å². The average Bonchev–Trinajstić information content (AvgIpc) is 3.11. The third-order valence-electron chi connectivity index (χ3n) is 5.29. The molecule has 1 heterocycles. The van der Waals surface area contributed by atoms with Gasteiger partial charge in [-0.1, -0.05) is 90.5 Å². The predicted octanol–water partition coefficient (Wildman–Crippen LogP) is 7.47. The number of para-hydroxylation sites is 1. The Morgan fingerprint density at radius 3 is 1.96 bits per heavy atom. The number of aryl methyl sites for hydroxylation is 1. The molecule has 1 heteroatoms. The Morgan fingerprint density at radius 1 is 0.571 bits per heavy atom. The molecule has 0 saturated carbocycles. The number of aromatic amines is 1. The van der Waals surface area contributed by atoms with Gasteiger partial charge in [0.05, 0.1) is 0 Å². The van der Waals surface area contributed by atoms with Crippen LogP contribution >= 0.6 is 0 Å². The molecular weight excluding hydrogens is 338 g/mol. The van der Waals surface area contributed by atoms with E-state index < -0.39 is 0 Å². The van der Waals surface area contributed by atoms with Crippen LogP contribution in [0.25, 0.3) is 45.1 Å². The van der Waals surface area contributed by atoms with Gasteiger partial charge in [-0.15, -0.1) is 0 Å². The first-order chi connectivity index (χ1) is 13.8. The summed E-state index contributed by atoms with van der Waals surface area (Å²) in [5.74, 6) is 0. The van der Waals surface area contributed by atoms with Gasteiger partial charge in [-0.25, -0.2) is 0 Å². The summed E-state index contributed by atoms with van der Waals surface area (Å²) >= 11 is 0. The van der Waals surface area contributed by atoms with Gasteiger partial charge in [-0.3, -0.25) is 0 Å². The molecular formula is C27H21N. The quantitative estimate of drug-likeness (QED) is 0.322. The van der Waals surface area contributed by atoms with Gasteiger partial charge in [0.2, 0.25) is 0 Å². The highest BCUT2D eigenvalue weighted by atomic mass is 14.7. The molecule has 1 N–H and O–H groups in total. The van der Waals surface area contributed by atoms with E-state index in [2.05, 4.69) is 115 Å². The Hall–Kier alpha value is -3.58. The molecule has 1 nitrogen and oxygen atoms in total. The highest BCUT2D eigenvalue weighted by molar-refractivity contribution is 6.07. The van der Waals surface area contributed by atoms with Gasteiger partial charge >= 0.3 is 0 Å². The van der Waals surface area contributed by atoms with Gasteiger partial charge in [-0.05, 0) is 47.4 Å². The first-order valence-electron chi connectivity index (χ1n) is 9.62. The number of rotatable bonds is 3. The van der Waals surface area contributed by atoms with E-state index in [1.165, 1.54) is 49.6 Å². The fourth-order valence-corrected chi connectivity index (χ4v) is 3.69. The molecule has 5 aromatic rings. The van der Waals surface area contributed by atoms with Gasteiger partial charge in [0.25, 0.3) is 0 Å². The van der Waals surface area contributed by atoms with Gasteiger partial charge in [-0.2, -0.15) is 0 Å². The normalized spacial score (nSPS) is 11.6. The Labute approximate surface area is 165 Å². The fraction of sp³-hybridized carbons (Fsp3) is 0.0370. The van der Waals surface area contributed by atoms with E-state index in [4.69, 9.17) is 0 Å². The minimum Gasteiger partial charge on any atom is -0.355 e. The van der Waals surface area contributed by atoms with Gasteiger partial charge in [0.15, 0.2) is 0 Å². The lowest BCUT2D eigenvalue weighted by molar-refractivity contribution is 1.47. The topological polar surface area (TPSA) is 15.8 Å². The fourth-order valence-electron chi connectivity index (χ4n) is 3.69. The van der Waals surface area contributed by atoms with E-state index in [-0.39, 0.29) is 0 Å². The molecule has 0 aliphatic rings. The summed E-state index contributed by atoms with van der Waals surface area (Å²) in [7, 11) is 0. The molecule has 0 spiro atoms.